The van der Waals surface area contributed by atoms with Gasteiger partial charge in [0.15, 0.2) is 11.6 Å². The van der Waals surface area contributed by atoms with Crippen LogP contribution in [0.25, 0.3) is 6.08 Å². The Labute approximate surface area is 242 Å². The average molecular weight is 544 g/mol. The number of allylic oxidation sites excluding steroid dienone is 1. The lowest BCUT2D eigenvalue weighted by molar-refractivity contribution is 0.0990. The van der Waals surface area contributed by atoms with Crippen LogP contribution in [0.2, 0.25) is 0 Å². The zero-order valence-corrected chi connectivity index (χ0v) is 25.1. The smallest absolute Gasteiger partial charge is 0.197 e. The number of Topliss-reactive ketones (excluding diaryl/α,β-unsaturated/α-hetero) is 2. The molecule has 1 aliphatic heterocycles. The van der Waals surface area contributed by atoms with Crippen molar-refractivity contribution in [2.75, 3.05) is 4.90 Å². The number of thiophene rings is 1. The number of hydrogen-bond donors (Lipinski definition) is 0. The maximum absolute atomic E-state index is 13.3. The quantitative estimate of drug-likeness (QED) is 0.150. The van der Waals surface area contributed by atoms with Crippen LogP contribution < -0.4 is 10.4 Å². The summed E-state index contributed by atoms with van der Waals surface area (Å²) in [5.41, 5.74) is 9.54. The van der Waals surface area contributed by atoms with Gasteiger partial charge in [0.25, 0.3) is 0 Å². The molecular formula is C35H34BNO2S. The van der Waals surface area contributed by atoms with Gasteiger partial charge in [0.1, 0.15) is 12.8 Å². The lowest BCUT2D eigenvalue weighted by Crippen LogP contribution is -2.30. The van der Waals surface area contributed by atoms with E-state index in [1.807, 2.05) is 26.1 Å². The molecule has 5 heteroatoms. The maximum atomic E-state index is 13.3. The number of rotatable bonds is 4. The number of carbonyl (C=O) groups excluding carboxylic acids is 2. The Morgan fingerprint density at radius 1 is 0.800 bits per heavy atom. The summed E-state index contributed by atoms with van der Waals surface area (Å²) in [7, 11) is 1.95. The van der Waals surface area contributed by atoms with Gasteiger partial charge in [0.05, 0.1) is 16.9 Å². The Hall–Kier alpha value is -3.70. The summed E-state index contributed by atoms with van der Waals surface area (Å²) in [6, 6.07) is 23.1. The molecule has 0 N–H and O–H groups in total. The SMILES string of the molecule is Bc1ccc2c(c1)C(=O)/C(=C/c1cc3c(s1)N(c1c(C(C)C)cccc1C(C)C)c1ccccc1C3(C)C)C2=O. The van der Waals surface area contributed by atoms with E-state index in [0.717, 1.165) is 15.3 Å². The van der Waals surface area contributed by atoms with Crippen molar-refractivity contribution in [3.63, 3.8) is 0 Å². The molecule has 0 fully saturated rings. The molecule has 3 nitrogen and oxygen atoms in total. The molecule has 1 aliphatic carbocycles. The third kappa shape index (κ3) is 3.94. The number of anilines is 3. The molecule has 0 bridgehead atoms. The molecule has 6 rings (SSSR count). The molecular weight excluding hydrogens is 509 g/mol. The number of ketones is 2. The van der Waals surface area contributed by atoms with Crippen LogP contribution in [0.1, 0.15) is 101 Å². The molecule has 3 aromatic carbocycles. The van der Waals surface area contributed by atoms with Gasteiger partial charge in [-0.1, -0.05) is 102 Å². The van der Waals surface area contributed by atoms with Gasteiger partial charge >= 0.3 is 0 Å². The minimum Gasteiger partial charge on any atom is -0.301 e. The van der Waals surface area contributed by atoms with Gasteiger partial charge in [0, 0.05) is 21.4 Å². The minimum atomic E-state index is -0.246. The Kier molecular flexibility index (Phi) is 6.27. The van der Waals surface area contributed by atoms with E-state index in [4.69, 9.17) is 0 Å². The number of para-hydroxylation sites is 2. The molecule has 0 spiro atoms. The fraction of sp³-hybridized carbons (Fsp3) is 0.257. The van der Waals surface area contributed by atoms with E-state index in [2.05, 4.69) is 95.0 Å². The second-order valence-electron chi connectivity index (χ2n) is 12.2. The molecule has 2 heterocycles. The average Bonchev–Trinajstić information content (AvgIpc) is 3.44. The van der Waals surface area contributed by atoms with Gasteiger partial charge in [-0.15, -0.1) is 11.3 Å². The first-order valence-electron chi connectivity index (χ1n) is 14.1. The standard InChI is InChI=1S/C35H34BNO2S/c1-19(2)23-10-9-11-24(20(3)4)31(23)37-30-13-8-7-12-28(30)35(5,6)29-18-22(40-34(29)37)17-27-32(38)25-15-14-21(36)16-26(25)33(27)39/h7-20H,36H2,1-6H3/b27-17+. The van der Waals surface area contributed by atoms with Crippen molar-refractivity contribution < 1.29 is 9.59 Å². The maximum Gasteiger partial charge on any atom is 0.197 e. The van der Waals surface area contributed by atoms with Crippen LogP contribution in [0, 0.1) is 0 Å². The fourth-order valence-electron chi connectivity index (χ4n) is 6.24. The Morgan fingerprint density at radius 2 is 1.45 bits per heavy atom. The highest BCUT2D eigenvalue weighted by Crippen LogP contribution is 2.57. The Bertz CT molecular complexity index is 1710. The number of benzene rings is 3. The summed E-state index contributed by atoms with van der Waals surface area (Å²) in [4.78, 5) is 30.0. The minimum absolute atomic E-state index is 0.179. The highest BCUT2D eigenvalue weighted by molar-refractivity contribution is 7.17. The van der Waals surface area contributed by atoms with Crippen molar-refractivity contribution in [2.45, 2.75) is 58.8 Å². The third-order valence-electron chi connectivity index (χ3n) is 8.43. The highest BCUT2D eigenvalue weighted by Gasteiger charge is 2.40. The number of nitrogens with zero attached hydrogens (tertiary/aromatic N) is 1. The third-order valence-corrected chi connectivity index (χ3v) is 9.50. The van der Waals surface area contributed by atoms with E-state index in [-0.39, 0.29) is 22.6 Å². The topological polar surface area (TPSA) is 37.4 Å². The molecule has 0 radical (unpaired) electrons. The van der Waals surface area contributed by atoms with Crippen LogP contribution in [0.3, 0.4) is 0 Å². The molecule has 0 amide bonds. The molecule has 4 aromatic rings. The van der Waals surface area contributed by atoms with Gasteiger partial charge in [-0.2, -0.15) is 0 Å². The summed E-state index contributed by atoms with van der Waals surface area (Å²) in [6.07, 6.45) is 1.82. The van der Waals surface area contributed by atoms with Crippen LogP contribution in [0.15, 0.2) is 72.3 Å². The molecule has 0 atom stereocenters. The van der Waals surface area contributed by atoms with Crippen molar-refractivity contribution >= 4 is 58.7 Å². The van der Waals surface area contributed by atoms with Crippen molar-refractivity contribution in [1.82, 2.24) is 0 Å². The van der Waals surface area contributed by atoms with Gasteiger partial charge in [0.2, 0.25) is 0 Å². The second-order valence-corrected chi connectivity index (χ2v) is 13.3. The van der Waals surface area contributed by atoms with E-state index < -0.39 is 0 Å². The lowest BCUT2D eigenvalue weighted by Gasteiger charge is -2.41. The largest absolute Gasteiger partial charge is 0.301 e. The van der Waals surface area contributed by atoms with E-state index in [1.54, 1.807) is 17.4 Å². The molecule has 0 saturated heterocycles. The van der Waals surface area contributed by atoms with Crippen LogP contribution in [0.4, 0.5) is 16.4 Å². The van der Waals surface area contributed by atoms with Crippen LogP contribution in [-0.4, -0.2) is 19.4 Å². The molecule has 0 saturated carbocycles. The predicted octanol–water partition coefficient (Wildman–Crippen LogP) is 7.83. The summed E-state index contributed by atoms with van der Waals surface area (Å²) >= 11 is 1.66. The number of carbonyl (C=O) groups is 2. The van der Waals surface area contributed by atoms with Crippen molar-refractivity contribution in [1.29, 1.82) is 0 Å². The van der Waals surface area contributed by atoms with E-state index in [1.165, 1.54) is 33.6 Å². The molecule has 40 heavy (non-hydrogen) atoms. The summed E-state index contributed by atoms with van der Waals surface area (Å²) in [5.74, 6) is 0.327. The van der Waals surface area contributed by atoms with Gasteiger partial charge in [-0.3, -0.25) is 9.59 Å². The van der Waals surface area contributed by atoms with E-state index in [9.17, 15) is 9.59 Å². The Morgan fingerprint density at radius 3 is 2.12 bits per heavy atom. The van der Waals surface area contributed by atoms with Crippen LogP contribution in [0.5, 0.6) is 0 Å². The lowest BCUT2D eigenvalue weighted by atomic mass is 9.75. The van der Waals surface area contributed by atoms with Gasteiger partial charge in [-0.05, 0) is 52.3 Å². The summed E-state index contributed by atoms with van der Waals surface area (Å²) in [6.45, 7) is 13.6. The summed E-state index contributed by atoms with van der Waals surface area (Å²) < 4.78 is 0. The Balaban J connectivity index is 1.59. The van der Waals surface area contributed by atoms with Crippen LogP contribution >= 0.6 is 11.3 Å². The first-order chi connectivity index (χ1) is 19.0. The highest BCUT2D eigenvalue weighted by atomic mass is 32.1. The molecule has 1 aromatic heterocycles. The fourth-order valence-corrected chi connectivity index (χ4v) is 7.52. The monoisotopic (exact) mass is 543 g/mol. The van der Waals surface area contributed by atoms with Crippen molar-refractivity contribution in [3.05, 3.63) is 111 Å². The van der Waals surface area contributed by atoms with Gasteiger partial charge in [-0.25, -0.2) is 0 Å². The molecule has 0 unspecified atom stereocenters. The van der Waals surface area contributed by atoms with Gasteiger partial charge < -0.3 is 4.90 Å². The zero-order chi connectivity index (χ0) is 28.5. The molecule has 200 valence electrons. The van der Waals surface area contributed by atoms with Crippen molar-refractivity contribution in [2.24, 2.45) is 0 Å². The summed E-state index contributed by atoms with van der Waals surface area (Å²) in [5, 5.41) is 1.15. The first-order valence-corrected chi connectivity index (χ1v) is 14.9. The normalized spacial score (nSPS) is 16.6. The predicted molar refractivity (Wildman–Crippen MR) is 171 cm³/mol. The van der Waals surface area contributed by atoms with Crippen LogP contribution in [-0.2, 0) is 5.41 Å². The zero-order valence-electron chi connectivity index (χ0n) is 24.3. The van der Waals surface area contributed by atoms with Crippen molar-refractivity contribution in [3.8, 4) is 0 Å². The molecule has 2 aliphatic rings. The van der Waals surface area contributed by atoms with E-state index in [0.29, 0.717) is 23.0 Å². The van der Waals surface area contributed by atoms with E-state index >= 15 is 0 Å². The number of hydrogen-bond acceptors (Lipinski definition) is 4. The second kappa shape index (κ2) is 9.45. The number of fused-ring (bicyclic) bond motifs is 3. The first kappa shape index (κ1) is 26.5.